The minimum atomic E-state index is -0.974. The number of thiazole rings is 1. The molecule has 2 atom stereocenters. The van der Waals surface area contributed by atoms with Gasteiger partial charge >= 0.3 is 6.09 Å². The summed E-state index contributed by atoms with van der Waals surface area (Å²) in [6.07, 6.45) is 4.12. The zero-order valence-corrected chi connectivity index (χ0v) is 23.7. The molecule has 1 aliphatic heterocycles. The summed E-state index contributed by atoms with van der Waals surface area (Å²) in [7, 11) is 0. The Hall–Kier alpha value is -4.62. The van der Waals surface area contributed by atoms with Gasteiger partial charge in [0.1, 0.15) is 12.1 Å². The van der Waals surface area contributed by atoms with Gasteiger partial charge in [0.15, 0.2) is 10.8 Å². The Morgan fingerprint density at radius 1 is 1.05 bits per heavy atom. The smallest absolute Gasteiger partial charge is 0.408 e. The summed E-state index contributed by atoms with van der Waals surface area (Å²) < 4.78 is 7.10. The van der Waals surface area contributed by atoms with Gasteiger partial charge in [-0.2, -0.15) is 0 Å². The molecule has 3 amide bonds. The Bertz CT molecular complexity index is 1550. The van der Waals surface area contributed by atoms with Crippen molar-refractivity contribution in [3.05, 3.63) is 89.1 Å². The molecule has 0 aliphatic carbocycles. The molecule has 0 radical (unpaired) electrons. The van der Waals surface area contributed by atoms with Crippen molar-refractivity contribution < 1.29 is 19.1 Å². The first-order chi connectivity index (χ1) is 19.9. The number of carbonyl (C=O) groups is 3. The van der Waals surface area contributed by atoms with E-state index in [-0.39, 0.29) is 24.3 Å². The summed E-state index contributed by atoms with van der Waals surface area (Å²) in [6, 6.07) is 17.1. The van der Waals surface area contributed by atoms with Crippen LogP contribution in [0, 0.1) is 17.8 Å². The summed E-state index contributed by atoms with van der Waals surface area (Å²) in [6.45, 7) is 4.51. The highest BCUT2D eigenvalue weighted by Crippen LogP contribution is 2.26. The van der Waals surface area contributed by atoms with Crippen molar-refractivity contribution in [3.8, 4) is 11.8 Å². The first kappa shape index (κ1) is 27.9. The van der Waals surface area contributed by atoms with Crippen LogP contribution in [0.3, 0.4) is 0 Å². The number of likely N-dealkylation sites (tertiary alicyclic amines) is 1. The number of alkyl carbamates (subject to hydrolysis) is 1. The van der Waals surface area contributed by atoms with Crippen LogP contribution in [0.5, 0.6) is 0 Å². The normalized spacial score (nSPS) is 15.3. The number of nitrogens with zero attached hydrogens (tertiary/aromatic N) is 3. The Kier molecular flexibility index (Phi) is 8.65. The summed E-state index contributed by atoms with van der Waals surface area (Å²) in [5, 5.41) is 5.57. The van der Waals surface area contributed by atoms with E-state index in [1.807, 2.05) is 60.8 Å². The van der Waals surface area contributed by atoms with Crippen LogP contribution in [0.15, 0.2) is 73.1 Å². The number of anilines is 1. The molecule has 2 aromatic carbocycles. The van der Waals surface area contributed by atoms with Crippen LogP contribution in [-0.4, -0.2) is 51.4 Å². The lowest BCUT2D eigenvalue weighted by molar-refractivity contribution is -0.138. The molecule has 4 aromatic rings. The minimum Gasteiger partial charge on any atom is -0.449 e. The fraction of sp³-hybridized carbons (Fsp3) is 0.290. The fourth-order valence-corrected chi connectivity index (χ4v) is 5.40. The van der Waals surface area contributed by atoms with E-state index in [0.717, 1.165) is 10.4 Å². The number of hydrogen-bond donors (Lipinski definition) is 2. The number of amides is 3. The molecule has 1 fully saturated rings. The third-order valence-corrected chi connectivity index (χ3v) is 7.45. The molecular formula is C31H31N5O4S. The number of fused-ring (bicyclic) bond motifs is 1. The molecule has 1 saturated heterocycles. The van der Waals surface area contributed by atoms with Crippen LogP contribution in [0.2, 0.25) is 0 Å². The van der Waals surface area contributed by atoms with E-state index in [2.05, 4.69) is 27.5 Å². The number of nitrogens with one attached hydrogen (secondary N) is 2. The van der Waals surface area contributed by atoms with Crippen molar-refractivity contribution in [1.82, 2.24) is 19.6 Å². The zero-order chi connectivity index (χ0) is 28.8. The van der Waals surface area contributed by atoms with Crippen molar-refractivity contribution >= 4 is 40.0 Å². The van der Waals surface area contributed by atoms with E-state index >= 15 is 0 Å². The van der Waals surface area contributed by atoms with Gasteiger partial charge in [-0.1, -0.05) is 79.6 Å². The number of aromatic nitrogens is 2. The van der Waals surface area contributed by atoms with Gasteiger partial charge in [0.2, 0.25) is 5.91 Å². The Balaban J connectivity index is 1.27. The average Bonchev–Trinajstić information content (AvgIpc) is 3.70. The lowest BCUT2D eigenvalue weighted by Crippen LogP contribution is -2.48. The van der Waals surface area contributed by atoms with Gasteiger partial charge in [-0.05, 0) is 42.4 Å². The SMILES string of the molecule is CC(C)COC(=O)NC(C(=O)N1CCCC1C(=O)Nc1cn2cc(C#Cc3ccccc3)sc2n1)c1ccccc1. The molecule has 2 N–H and O–H groups in total. The van der Waals surface area contributed by atoms with Gasteiger partial charge in [0, 0.05) is 18.3 Å². The summed E-state index contributed by atoms with van der Waals surface area (Å²) in [5.74, 6) is 6.16. The first-order valence-corrected chi connectivity index (χ1v) is 14.3. The summed E-state index contributed by atoms with van der Waals surface area (Å²) >= 11 is 1.43. The molecule has 1 aliphatic rings. The summed E-state index contributed by atoms with van der Waals surface area (Å²) in [5.41, 5.74) is 1.55. The molecule has 0 spiro atoms. The second-order valence-corrected chi connectivity index (χ2v) is 11.2. The number of benzene rings is 2. The minimum absolute atomic E-state index is 0.158. The number of carbonyl (C=O) groups excluding carboxylic acids is 3. The molecule has 10 heteroatoms. The van der Waals surface area contributed by atoms with E-state index in [1.54, 1.807) is 30.5 Å². The van der Waals surface area contributed by atoms with E-state index in [9.17, 15) is 14.4 Å². The number of rotatable bonds is 7. The third kappa shape index (κ3) is 6.94. The van der Waals surface area contributed by atoms with Crippen LogP contribution in [0.25, 0.3) is 4.96 Å². The highest BCUT2D eigenvalue weighted by Gasteiger charge is 2.38. The Labute approximate surface area is 242 Å². The van der Waals surface area contributed by atoms with Gasteiger partial charge in [0.25, 0.3) is 5.91 Å². The van der Waals surface area contributed by atoms with Gasteiger partial charge in [-0.15, -0.1) is 0 Å². The Morgan fingerprint density at radius 2 is 1.78 bits per heavy atom. The molecule has 9 nitrogen and oxygen atoms in total. The molecule has 2 unspecified atom stereocenters. The van der Waals surface area contributed by atoms with E-state index < -0.39 is 18.2 Å². The number of ether oxygens (including phenoxy) is 1. The topological polar surface area (TPSA) is 105 Å². The molecule has 210 valence electrons. The van der Waals surface area contributed by atoms with Crippen molar-refractivity contribution in [2.45, 2.75) is 38.8 Å². The number of imidazole rings is 1. The highest BCUT2D eigenvalue weighted by molar-refractivity contribution is 7.17. The van der Waals surface area contributed by atoms with Crippen molar-refractivity contribution in [2.75, 3.05) is 18.5 Å². The molecular weight excluding hydrogens is 538 g/mol. The van der Waals surface area contributed by atoms with Gasteiger partial charge in [0.05, 0.1) is 17.7 Å². The quantitative estimate of drug-likeness (QED) is 0.310. The third-order valence-electron chi connectivity index (χ3n) is 6.54. The van der Waals surface area contributed by atoms with Crippen molar-refractivity contribution in [3.63, 3.8) is 0 Å². The van der Waals surface area contributed by atoms with Gasteiger partial charge < -0.3 is 20.3 Å². The number of hydrogen-bond acceptors (Lipinski definition) is 6. The molecule has 3 heterocycles. The largest absolute Gasteiger partial charge is 0.449 e. The fourth-order valence-electron chi connectivity index (χ4n) is 4.58. The predicted molar refractivity (Wildman–Crippen MR) is 157 cm³/mol. The maximum Gasteiger partial charge on any atom is 0.408 e. The van der Waals surface area contributed by atoms with Gasteiger partial charge in [-0.25, -0.2) is 9.78 Å². The van der Waals surface area contributed by atoms with Crippen molar-refractivity contribution in [1.29, 1.82) is 0 Å². The highest BCUT2D eigenvalue weighted by atomic mass is 32.1. The maximum absolute atomic E-state index is 13.7. The van der Waals surface area contributed by atoms with E-state index in [1.165, 1.54) is 16.2 Å². The standard InChI is InChI=1S/C31H31N5O4S/c1-21(2)20-40-31(39)34-27(23-12-7-4-8-13-23)29(38)36-17-9-14-25(36)28(37)32-26-19-35-18-24(41-30(35)33-26)16-15-22-10-5-3-6-11-22/h3-8,10-13,18-19,21,25,27H,9,14,17,20H2,1-2H3,(H,32,37)(H,34,39). The second-order valence-electron chi connectivity index (χ2n) is 10.2. The Morgan fingerprint density at radius 3 is 2.49 bits per heavy atom. The van der Waals surface area contributed by atoms with Crippen molar-refractivity contribution in [2.24, 2.45) is 5.92 Å². The molecule has 0 bridgehead atoms. The summed E-state index contributed by atoms with van der Waals surface area (Å²) in [4.78, 5) is 47.2. The van der Waals surface area contributed by atoms with Crippen LogP contribution >= 0.6 is 11.3 Å². The molecule has 41 heavy (non-hydrogen) atoms. The van der Waals surface area contributed by atoms with Crippen LogP contribution < -0.4 is 10.6 Å². The maximum atomic E-state index is 13.7. The van der Waals surface area contributed by atoms with Crippen LogP contribution in [-0.2, 0) is 14.3 Å². The monoisotopic (exact) mass is 569 g/mol. The van der Waals surface area contributed by atoms with E-state index in [4.69, 9.17) is 4.74 Å². The van der Waals surface area contributed by atoms with Crippen LogP contribution in [0.1, 0.15) is 48.7 Å². The first-order valence-electron chi connectivity index (χ1n) is 13.5. The lowest BCUT2D eigenvalue weighted by Gasteiger charge is -2.28. The molecule has 5 rings (SSSR count). The molecule has 0 saturated carbocycles. The lowest BCUT2D eigenvalue weighted by atomic mass is 10.0. The van der Waals surface area contributed by atoms with E-state index in [0.29, 0.717) is 35.7 Å². The molecule has 2 aromatic heterocycles. The zero-order valence-electron chi connectivity index (χ0n) is 22.9. The van der Waals surface area contributed by atoms with Crippen LogP contribution in [0.4, 0.5) is 10.6 Å². The average molecular weight is 570 g/mol. The van der Waals surface area contributed by atoms with Gasteiger partial charge in [-0.3, -0.25) is 14.0 Å². The predicted octanol–water partition coefficient (Wildman–Crippen LogP) is 4.85. The second kappa shape index (κ2) is 12.7.